The normalized spacial score (nSPS) is 14.8. The quantitative estimate of drug-likeness (QED) is 0.718. The lowest BCUT2D eigenvalue weighted by molar-refractivity contribution is 0.170. The van der Waals surface area contributed by atoms with Crippen molar-refractivity contribution in [1.29, 1.82) is 0 Å². The summed E-state index contributed by atoms with van der Waals surface area (Å²) in [6.45, 7) is 4.22. The molecule has 0 aromatic heterocycles. The van der Waals surface area contributed by atoms with Crippen LogP contribution in [0.25, 0.3) is 0 Å². The van der Waals surface area contributed by atoms with Gasteiger partial charge in [-0.05, 0) is 38.0 Å². The summed E-state index contributed by atoms with van der Waals surface area (Å²) < 4.78 is 13.0. The van der Waals surface area contributed by atoms with Crippen molar-refractivity contribution < 1.29 is 14.6 Å². The van der Waals surface area contributed by atoms with Crippen LogP contribution in [0.2, 0.25) is 0 Å². The second-order valence-electron chi connectivity index (χ2n) is 4.15. The minimum absolute atomic E-state index is 0.164. The molecule has 0 saturated heterocycles. The number of phenolic OH excluding ortho intramolecular Hbond substituents is 1. The van der Waals surface area contributed by atoms with Crippen molar-refractivity contribution in [2.75, 3.05) is 0 Å². The molecule has 0 saturated carbocycles. The van der Waals surface area contributed by atoms with Crippen molar-refractivity contribution in [1.82, 2.24) is 5.32 Å². The Morgan fingerprint density at radius 3 is 2.62 bits per heavy atom. The maximum atomic E-state index is 13.0. The molecule has 0 aliphatic rings. The molecule has 1 aromatic carbocycles. The Morgan fingerprint density at radius 2 is 2.06 bits per heavy atom. The van der Waals surface area contributed by atoms with Gasteiger partial charge in [-0.15, -0.1) is 0 Å². The topological polar surface area (TPSA) is 52.5 Å². The monoisotopic (exact) mass is 227 g/mol. The molecule has 0 radical (unpaired) electrons. The maximum absolute atomic E-state index is 13.0. The first-order valence-corrected chi connectivity index (χ1v) is 5.38. The first-order chi connectivity index (χ1) is 7.49. The zero-order chi connectivity index (χ0) is 12.1. The molecule has 0 bridgehead atoms. The molecule has 1 rings (SSSR count). The number of phenols is 1. The Morgan fingerprint density at radius 1 is 1.38 bits per heavy atom. The minimum atomic E-state index is -0.609. The van der Waals surface area contributed by atoms with Gasteiger partial charge in [0.2, 0.25) is 0 Å². The highest BCUT2D eigenvalue weighted by Crippen LogP contribution is 2.16. The summed E-state index contributed by atoms with van der Waals surface area (Å²) >= 11 is 0. The van der Waals surface area contributed by atoms with Crippen LogP contribution >= 0.6 is 0 Å². The van der Waals surface area contributed by atoms with Crippen LogP contribution in [-0.2, 0) is 6.54 Å². The van der Waals surface area contributed by atoms with E-state index in [4.69, 9.17) is 10.2 Å². The van der Waals surface area contributed by atoms with Gasteiger partial charge in [0.15, 0.2) is 11.6 Å². The number of aliphatic hydroxyl groups is 1. The van der Waals surface area contributed by atoms with Crippen LogP contribution in [-0.4, -0.2) is 22.4 Å². The summed E-state index contributed by atoms with van der Waals surface area (Å²) in [6, 6.07) is 4.47. The molecule has 0 amide bonds. The molecular formula is C12H18FNO2. The maximum Gasteiger partial charge on any atom is 0.165 e. The number of benzene rings is 1. The molecule has 0 aliphatic carbocycles. The molecule has 16 heavy (non-hydrogen) atoms. The number of hydrogen-bond donors (Lipinski definition) is 3. The highest BCUT2D eigenvalue weighted by molar-refractivity contribution is 5.27. The van der Waals surface area contributed by atoms with Crippen LogP contribution in [0.15, 0.2) is 18.2 Å². The summed E-state index contributed by atoms with van der Waals surface area (Å²) in [6.07, 6.45) is 0.305. The van der Waals surface area contributed by atoms with E-state index >= 15 is 0 Å². The third-order valence-electron chi connectivity index (χ3n) is 2.36. The molecule has 0 heterocycles. The fraction of sp³-hybridized carbons (Fsp3) is 0.500. The van der Waals surface area contributed by atoms with Crippen molar-refractivity contribution in [2.24, 2.45) is 0 Å². The Labute approximate surface area is 94.9 Å². The lowest BCUT2D eigenvalue weighted by Gasteiger charge is -2.15. The van der Waals surface area contributed by atoms with Crippen LogP contribution in [0, 0.1) is 5.82 Å². The van der Waals surface area contributed by atoms with Gasteiger partial charge in [0.25, 0.3) is 0 Å². The molecule has 2 unspecified atom stereocenters. The molecule has 2 atom stereocenters. The summed E-state index contributed by atoms with van der Waals surface area (Å²) in [5.41, 5.74) is 0.771. The largest absolute Gasteiger partial charge is 0.505 e. The van der Waals surface area contributed by atoms with Crippen molar-refractivity contribution in [3.63, 3.8) is 0 Å². The molecular weight excluding hydrogens is 209 g/mol. The van der Waals surface area contributed by atoms with Gasteiger partial charge in [-0.2, -0.15) is 0 Å². The van der Waals surface area contributed by atoms with Gasteiger partial charge in [0.1, 0.15) is 0 Å². The number of hydrogen-bond acceptors (Lipinski definition) is 3. The van der Waals surface area contributed by atoms with Crippen molar-refractivity contribution in [2.45, 2.75) is 39.0 Å². The second-order valence-corrected chi connectivity index (χ2v) is 4.15. The van der Waals surface area contributed by atoms with Crippen LogP contribution < -0.4 is 5.32 Å². The van der Waals surface area contributed by atoms with Crippen LogP contribution in [0.3, 0.4) is 0 Å². The van der Waals surface area contributed by atoms with Crippen molar-refractivity contribution in [3.05, 3.63) is 29.6 Å². The van der Waals surface area contributed by atoms with E-state index in [2.05, 4.69) is 5.32 Å². The highest BCUT2D eigenvalue weighted by Gasteiger charge is 2.06. The smallest absolute Gasteiger partial charge is 0.165 e. The first-order valence-electron chi connectivity index (χ1n) is 5.38. The van der Waals surface area contributed by atoms with Gasteiger partial charge >= 0.3 is 0 Å². The fourth-order valence-electron chi connectivity index (χ4n) is 1.55. The molecule has 3 nitrogen and oxygen atoms in total. The number of aromatic hydroxyl groups is 1. The molecule has 0 spiro atoms. The SMILES string of the molecule is CC(O)CC(C)NCc1ccc(O)c(F)c1. The summed E-state index contributed by atoms with van der Waals surface area (Å²) in [5, 5.41) is 21.3. The lowest BCUT2D eigenvalue weighted by atomic mass is 10.1. The van der Waals surface area contributed by atoms with Crippen LogP contribution in [0.1, 0.15) is 25.8 Å². The number of aliphatic hydroxyl groups excluding tert-OH is 1. The van der Waals surface area contributed by atoms with Gasteiger partial charge in [-0.1, -0.05) is 6.07 Å². The fourth-order valence-corrected chi connectivity index (χ4v) is 1.55. The van der Waals surface area contributed by atoms with Crippen molar-refractivity contribution in [3.8, 4) is 5.75 Å². The Balaban J connectivity index is 2.45. The highest BCUT2D eigenvalue weighted by atomic mass is 19.1. The molecule has 90 valence electrons. The zero-order valence-corrected chi connectivity index (χ0v) is 9.57. The van der Waals surface area contributed by atoms with Gasteiger partial charge in [-0.3, -0.25) is 0 Å². The molecule has 4 heteroatoms. The third-order valence-corrected chi connectivity index (χ3v) is 2.36. The summed E-state index contributed by atoms with van der Waals surface area (Å²) in [4.78, 5) is 0. The number of rotatable bonds is 5. The Bertz CT molecular complexity index is 342. The van der Waals surface area contributed by atoms with E-state index in [0.29, 0.717) is 13.0 Å². The first kappa shape index (κ1) is 12.9. The van der Waals surface area contributed by atoms with Crippen molar-refractivity contribution >= 4 is 0 Å². The zero-order valence-electron chi connectivity index (χ0n) is 9.57. The average molecular weight is 227 g/mol. The van der Waals surface area contributed by atoms with Gasteiger partial charge in [-0.25, -0.2) is 4.39 Å². The Kier molecular flexibility index (Phi) is 4.71. The van der Waals surface area contributed by atoms with E-state index in [-0.39, 0.29) is 17.9 Å². The van der Waals surface area contributed by atoms with E-state index in [1.54, 1.807) is 13.0 Å². The van der Waals surface area contributed by atoms with Gasteiger partial charge < -0.3 is 15.5 Å². The van der Waals surface area contributed by atoms with E-state index in [1.165, 1.54) is 12.1 Å². The average Bonchev–Trinajstić information content (AvgIpc) is 2.19. The van der Waals surface area contributed by atoms with Gasteiger partial charge in [0, 0.05) is 12.6 Å². The summed E-state index contributed by atoms with van der Waals surface area (Å²) in [5.74, 6) is -0.941. The molecule has 0 fully saturated rings. The summed E-state index contributed by atoms with van der Waals surface area (Å²) in [7, 11) is 0. The third kappa shape index (κ3) is 4.16. The molecule has 0 aliphatic heterocycles. The lowest BCUT2D eigenvalue weighted by Crippen LogP contribution is -2.28. The molecule has 1 aromatic rings. The predicted octanol–water partition coefficient (Wildman–Crippen LogP) is 1.78. The van der Waals surface area contributed by atoms with E-state index in [9.17, 15) is 4.39 Å². The Hall–Kier alpha value is -1.13. The van der Waals surface area contributed by atoms with Gasteiger partial charge in [0.05, 0.1) is 6.10 Å². The minimum Gasteiger partial charge on any atom is -0.505 e. The van der Waals surface area contributed by atoms with E-state index in [0.717, 1.165) is 5.56 Å². The molecule has 3 N–H and O–H groups in total. The predicted molar refractivity (Wildman–Crippen MR) is 60.7 cm³/mol. The van der Waals surface area contributed by atoms with Crippen LogP contribution in [0.5, 0.6) is 5.75 Å². The number of nitrogens with one attached hydrogen (secondary N) is 1. The standard InChI is InChI=1S/C12H18FNO2/c1-8(5-9(2)15)14-7-10-3-4-12(16)11(13)6-10/h3-4,6,8-9,14-16H,5,7H2,1-2H3. The van der Waals surface area contributed by atoms with E-state index < -0.39 is 5.82 Å². The second kappa shape index (κ2) is 5.82. The number of halogens is 1. The van der Waals surface area contributed by atoms with E-state index in [1.807, 2.05) is 6.92 Å². The van der Waals surface area contributed by atoms with Crippen LogP contribution in [0.4, 0.5) is 4.39 Å².